The fraction of sp³-hybridized carbons (Fsp3) is 0.318. The number of piperazine rings is 1. The Balaban J connectivity index is 1.44. The molecule has 1 N–H and O–H groups in total. The summed E-state index contributed by atoms with van der Waals surface area (Å²) in [5, 5.41) is 13.5. The van der Waals surface area contributed by atoms with E-state index in [-0.39, 0.29) is 17.2 Å². The van der Waals surface area contributed by atoms with E-state index in [1.165, 1.54) is 22.5 Å². The molecule has 1 aliphatic heterocycles. The largest absolute Gasteiger partial charge is 0.508 e. The van der Waals surface area contributed by atoms with E-state index in [2.05, 4.69) is 14.9 Å². The van der Waals surface area contributed by atoms with Crippen LogP contribution in [0.2, 0.25) is 0 Å². The maximum Gasteiger partial charge on any atom is 0.351 e. The van der Waals surface area contributed by atoms with Gasteiger partial charge in [-0.2, -0.15) is 5.10 Å². The smallest absolute Gasteiger partial charge is 0.351 e. The van der Waals surface area contributed by atoms with E-state index in [1.54, 1.807) is 19.1 Å². The van der Waals surface area contributed by atoms with Gasteiger partial charge in [0, 0.05) is 37.6 Å². The van der Waals surface area contributed by atoms with Crippen molar-refractivity contribution in [1.29, 1.82) is 0 Å². The lowest BCUT2D eigenvalue weighted by atomic mass is 10.2. The summed E-state index contributed by atoms with van der Waals surface area (Å²) in [5.74, 6) is 0.169. The maximum atomic E-state index is 12.6. The standard InChI is InChI=1S/C22H25N5O3/c1-16(17(2)28)27-22(30)26(15-23-27)20-5-3-18(4-6-20)24-11-13-25(14-12-24)19-7-9-21(29)10-8-19/h3-10,15-16,29H,11-14H2,1-2H3/t16-/m0/s1. The highest BCUT2D eigenvalue weighted by Gasteiger charge is 2.19. The zero-order valence-electron chi connectivity index (χ0n) is 17.1. The van der Waals surface area contributed by atoms with Crippen molar-refractivity contribution in [3.05, 3.63) is 65.3 Å². The molecule has 2 aromatic carbocycles. The Labute approximate surface area is 174 Å². The summed E-state index contributed by atoms with van der Waals surface area (Å²) in [7, 11) is 0. The summed E-state index contributed by atoms with van der Waals surface area (Å²) >= 11 is 0. The van der Waals surface area contributed by atoms with Crippen LogP contribution in [0.25, 0.3) is 5.69 Å². The minimum absolute atomic E-state index is 0.107. The average molecular weight is 407 g/mol. The van der Waals surface area contributed by atoms with Crippen LogP contribution >= 0.6 is 0 Å². The number of aromatic nitrogens is 3. The Morgan fingerprint density at radius 2 is 1.37 bits per heavy atom. The van der Waals surface area contributed by atoms with Gasteiger partial charge in [-0.3, -0.25) is 4.79 Å². The Kier molecular flexibility index (Phi) is 5.31. The number of benzene rings is 2. The molecule has 1 aliphatic rings. The zero-order valence-corrected chi connectivity index (χ0v) is 17.1. The van der Waals surface area contributed by atoms with Crippen molar-refractivity contribution in [1.82, 2.24) is 14.3 Å². The number of aromatic hydroxyl groups is 1. The predicted octanol–water partition coefficient (Wildman–Crippen LogP) is 2.22. The molecule has 4 rings (SSSR count). The number of carbonyl (C=O) groups is 1. The summed E-state index contributed by atoms with van der Waals surface area (Å²) < 4.78 is 2.66. The summed E-state index contributed by atoms with van der Waals surface area (Å²) in [4.78, 5) is 28.7. The van der Waals surface area contributed by atoms with E-state index < -0.39 is 6.04 Å². The van der Waals surface area contributed by atoms with E-state index in [4.69, 9.17) is 0 Å². The van der Waals surface area contributed by atoms with Gasteiger partial charge < -0.3 is 14.9 Å². The van der Waals surface area contributed by atoms with Gasteiger partial charge in [0.2, 0.25) is 0 Å². The number of phenols is 1. The lowest BCUT2D eigenvalue weighted by molar-refractivity contribution is -0.119. The molecular weight excluding hydrogens is 382 g/mol. The predicted molar refractivity (Wildman–Crippen MR) is 116 cm³/mol. The third kappa shape index (κ3) is 3.80. The molecule has 1 saturated heterocycles. The first kappa shape index (κ1) is 19.8. The number of anilines is 2. The second-order valence-electron chi connectivity index (χ2n) is 7.52. The topological polar surface area (TPSA) is 83.6 Å². The van der Waals surface area contributed by atoms with Crippen LogP contribution in [-0.2, 0) is 4.79 Å². The van der Waals surface area contributed by atoms with Gasteiger partial charge >= 0.3 is 5.69 Å². The Morgan fingerprint density at radius 3 is 1.87 bits per heavy atom. The van der Waals surface area contributed by atoms with Crippen molar-refractivity contribution in [3.63, 3.8) is 0 Å². The minimum Gasteiger partial charge on any atom is -0.508 e. The van der Waals surface area contributed by atoms with Crippen LogP contribution in [0, 0.1) is 0 Å². The maximum absolute atomic E-state index is 12.6. The fourth-order valence-electron chi connectivity index (χ4n) is 3.64. The van der Waals surface area contributed by atoms with Gasteiger partial charge in [-0.25, -0.2) is 14.0 Å². The number of hydrogen-bond acceptors (Lipinski definition) is 6. The molecule has 0 bridgehead atoms. The van der Waals surface area contributed by atoms with Crippen molar-refractivity contribution in [3.8, 4) is 11.4 Å². The van der Waals surface area contributed by atoms with Crippen molar-refractivity contribution >= 4 is 17.2 Å². The van der Waals surface area contributed by atoms with Crippen molar-refractivity contribution < 1.29 is 9.90 Å². The van der Waals surface area contributed by atoms with Crippen LogP contribution in [0.5, 0.6) is 5.75 Å². The molecule has 0 radical (unpaired) electrons. The normalized spacial score (nSPS) is 15.3. The lowest BCUT2D eigenvalue weighted by Crippen LogP contribution is -2.46. The van der Waals surface area contributed by atoms with E-state index in [1.807, 2.05) is 36.4 Å². The molecule has 30 heavy (non-hydrogen) atoms. The molecule has 1 fully saturated rings. The SMILES string of the molecule is CC(=O)[C@H](C)n1ncn(-c2ccc(N3CCN(c4ccc(O)cc4)CC3)cc2)c1=O. The van der Waals surface area contributed by atoms with Crippen LogP contribution in [0.1, 0.15) is 19.9 Å². The quantitative estimate of drug-likeness (QED) is 0.698. The van der Waals surface area contributed by atoms with Crippen molar-refractivity contribution in [2.75, 3.05) is 36.0 Å². The van der Waals surface area contributed by atoms with Gasteiger partial charge in [-0.05, 0) is 62.4 Å². The summed E-state index contributed by atoms with van der Waals surface area (Å²) in [6, 6.07) is 14.5. The molecule has 2 heterocycles. The molecule has 1 atom stereocenters. The van der Waals surface area contributed by atoms with Crippen LogP contribution in [0.3, 0.4) is 0 Å². The van der Waals surface area contributed by atoms with Crippen LogP contribution in [-0.4, -0.2) is 51.4 Å². The first-order chi connectivity index (χ1) is 14.4. The van der Waals surface area contributed by atoms with E-state index in [0.717, 1.165) is 37.6 Å². The third-order valence-corrected chi connectivity index (χ3v) is 5.64. The number of rotatable bonds is 5. The van der Waals surface area contributed by atoms with Gasteiger partial charge in [-0.15, -0.1) is 0 Å². The molecule has 8 nitrogen and oxygen atoms in total. The highest BCUT2D eigenvalue weighted by molar-refractivity contribution is 5.79. The lowest BCUT2D eigenvalue weighted by Gasteiger charge is -2.37. The molecule has 156 valence electrons. The number of hydrogen-bond donors (Lipinski definition) is 1. The Bertz CT molecular complexity index is 1080. The molecule has 0 aliphatic carbocycles. The molecular formula is C22H25N5O3. The molecule has 0 amide bonds. The van der Waals surface area contributed by atoms with Crippen LogP contribution < -0.4 is 15.5 Å². The van der Waals surface area contributed by atoms with Gasteiger partial charge in [0.1, 0.15) is 18.1 Å². The van der Waals surface area contributed by atoms with Crippen LogP contribution in [0.4, 0.5) is 11.4 Å². The number of ketones is 1. The van der Waals surface area contributed by atoms with E-state index in [9.17, 15) is 14.7 Å². The molecule has 8 heteroatoms. The monoisotopic (exact) mass is 407 g/mol. The highest BCUT2D eigenvalue weighted by atomic mass is 16.3. The molecule has 3 aromatic rings. The third-order valence-electron chi connectivity index (χ3n) is 5.64. The fourth-order valence-corrected chi connectivity index (χ4v) is 3.64. The van der Waals surface area contributed by atoms with Gasteiger partial charge in [0.15, 0.2) is 5.78 Å². The van der Waals surface area contributed by atoms with E-state index >= 15 is 0 Å². The number of nitrogens with zero attached hydrogens (tertiary/aromatic N) is 5. The van der Waals surface area contributed by atoms with Gasteiger partial charge in [0.05, 0.1) is 5.69 Å². The molecule has 1 aromatic heterocycles. The van der Waals surface area contributed by atoms with Gasteiger partial charge in [0.25, 0.3) is 0 Å². The number of phenolic OH excluding ortho intramolecular Hbond substituents is 1. The summed E-state index contributed by atoms with van der Waals surface area (Å²) in [6.07, 6.45) is 1.45. The first-order valence-corrected chi connectivity index (χ1v) is 10.00. The second-order valence-corrected chi connectivity index (χ2v) is 7.52. The Morgan fingerprint density at radius 1 is 0.900 bits per heavy atom. The highest BCUT2D eigenvalue weighted by Crippen LogP contribution is 2.23. The number of Topliss-reactive ketones (excluding diaryl/α,β-unsaturated/α-hetero) is 1. The van der Waals surface area contributed by atoms with Crippen molar-refractivity contribution in [2.45, 2.75) is 19.9 Å². The van der Waals surface area contributed by atoms with E-state index in [0.29, 0.717) is 5.69 Å². The van der Waals surface area contributed by atoms with Crippen molar-refractivity contribution in [2.24, 2.45) is 0 Å². The van der Waals surface area contributed by atoms with Crippen LogP contribution in [0.15, 0.2) is 59.7 Å². The Hall–Kier alpha value is -3.55. The molecule has 0 unspecified atom stereocenters. The second kappa shape index (κ2) is 8.06. The minimum atomic E-state index is -0.581. The first-order valence-electron chi connectivity index (χ1n) is 10.00. The van der Waals surface area contributed by atoms with Gasteiger partial charge in [-0.1, -0.05) is 0 Å². The number of carbonyl (C=O) groups excluding carboxylic acids is 1. The summed E-state index contributed by atoms with van der Waals surface area (Å²) in [6.45, 7) is 6.67. The molecule has 0 spiro atoms. The average Bonchev–Trinajstić information content (AvgIpc) is 3.15. The molecule has 0 saturated carbocycles. The summed E-state index contributed by atoms with van der Waals surface area (Å²) in [5.41, 5.74) is 2.60. The zero-order chi connectivity index (χ0) is 21.3.